The number of hydrogen-bond acceptors (Lipinski definition) is 4. The SMILES string of the molecule is COCCCNC(=O)c1cc(Cl)c(C)c(S(=O)(=O)Cl)c1. The lowest BCUT2D eigenvalue weighted by molar-refractivity contribution is 0.0948. The molecule has 0 aliphatic rings. The van der Waals surface area contributed by atoms with Crippen LogP contribution in [0.25, 0.3) is 0 Å². The number of benzene rings is 1. The predicted octanol–water partition coefficient (Wildman–Crippen LogP) is 2.34. The summed E-state index contributed by atoms with van der Waals surface area (Å²) in [6.45, 7) is 2.47. The zero-order valence-electron chi connectivity index (χ0n) is 11.1. The molecular formula is C12H15Cl2NO4S. The van der Waals surface area contributed by atoms with Crippen molar-refractivity contribution < 1.29 is 17.9 Å². The second kappa shape index (κ2) is 7.26. The predicted molar refractivity (Wildman–Crippen MR) is 78.1 cm³/mol. The standard InChI is InChI=1S/C12H15Cl2NO4S/c1-8-10(13)6-9(7-11(8)20(14,17)18)12(16)15-4-3-5-19-2/h6-7H,3-5H2,1-2H3,(H,15,16). The van der Waals surface area contributed by atoms with E-state index in [1.54, 1.807) is 7.11 Å². The average molecular weight is 340 g/mol. The van der Waals surface area contributed by atoms with Crippen molar-refractivity contribution in [2.24, 2.45) is 0 Å². The normalized spacial score (nSPS) is 11.4. The van der Waals surface area contributed by atoms with E-state index in [0.717, 1.165) is 0 Å². The molecule has 0 radical (unpaired) electrons. The van der Waals surface area contributed by atoms with Crippen molar-refractivity contribution >= 4 is 37.2 Å². The molecule has 0 fully saturated rings. The molecule has 20 heavy (non-hydrogen) atoms. The molecule has 0 heterocycles. The Morgan fingerprint density at radius 2 is 2.05 bits per heavy atom. The topological polar surface area (TPSA) is 72.5 Å². The smallest absolute Gasteiger partial charge is 0.261 e. The van der Waals surface area contributed by atoms with Crippen LogP contribution in [0.4, 0.5) is 0 Å². The maximum absolute atomic E-state index is 11.9. The van der Waals surface area contributed by atoms with Gasteiger partial charge in [-0.25, -0.2) is 8.42 Å². The van der Waals surface area contributed by atoms with Crippen molar-refractivity contribution in [2.45, 2.75) is 18.2 Å². The van der Waals surface area contributed by atoms with Crippen molar-refractivity contribution in [3.05, 3.63) is 28.3 Å². The number of methoxy groups -OCH3 is 1. The number of carbonyl (C=O) groups excluding carboxylic acids is 1. The highest BCUT2D eigenvalue weighted by molar-refractivity contribution is 8.13. The fraction of sp³-hybridized carbons (Fsp3) is 0.417. The fourth-order valence-corrected chi connectivity index (χ4v) is 3.06. The van der Waals surface area contributed by atoms with E-state index in [9.17, 15) is 13.2 Å². The van der Waals surface area contributed by atoms with Gasteiger partial charge in [-0.1, -0.05) is 11.6 Å². The number of hydrogen-bond donors (Lipinski definition) is 1. The van der Waals surface area contributed by atoms with Crippen LogP contribution in [-0.4, -0.2) is 34.6 Å². The Hall–Kier alpha value is -0.820. The first-order valence-electron chi connectivity index (χ1n) is 5.79. The molecule has 5 nitrogen and oxygen atoms in total. The summed E-state index contributed by atoms with van der Waals surface area (Å²) >= 11 is 5.93. The lowest BCUT2D eigenvalue weighted by Gasteiger charge is -2.09. The van der Waals surface area contributed by atoms with Crippen LogP contribution >= 0.6 is 22.3 Å². The summed E-state index contributed by atoms with van der Waals surface area (Å²) in [7, 11) is 2.94. The van der Waals surface area contributed by atoms with Gasteiger partial charge in [-0.2, -0.15) is 0 Å². The van der Waals surface area contributed by atoms with Gasteiger partial charge < -0.3 is 10.1 Å². The first-order valence-corrected chi connectivity index (χ1v) is 8.48. The van der Waals surface area contributed by atoms with Gasteiger partial charge in [0.15, 0.2) is 0 Å². The highest BCUT2D eigenvalue weighted by atomic mass is 35.7. The second-order valence-electron chi connectivity index (χ2n) is 4.12. The molecule has 0 unspecified atom stereocenters. The van der Waals surface area contributed by atoms with Gasteiger partial charge in [0.25, 0.3) is 15.0 Å². The van der Waals surface area contributed by atoms with Crippen molar-refractivity contribution in [1.29, 1.82) is 0 Å². The largest absolute Gasteiger partial charge is 0.385 e. The summed E-state index contributed by atoms with van der Waals surface area (Å²) in [5.74, 6) is -0.412. The third kappa shape index (κ3) is 4.63. The molecule has 0 saturated heterocycles. The van der Waals surface area contributed by atoms with E-state index in [1.807, 2.05) is 0 Å². The molecule has 0 bridgehead atoms. The molecule has 8 heteroatoms. The Bertz CT molecular complexity index is 602. The van der Waals surface area contributed by atoms with Gasteiger partial charge in [0, 0.05) is 41.5 Å². The summed E-state index contributed by atoms with van der Waals surface area (Å²) < 4.78 is 27.7. The minimum atomic E-state index is -3.95. The lowest BCUT2D eigenvalue weighted by atomic mass is 10.1. The van der Waals surface area contributed by atoms with Crippen molar-refractivity contribution in [3.63, 3.8) is 0 Å². The molecule has 0 spiro atoms. The Kier molecular flexibility index (Phi) is 6.26. The van der Waals surface area contributed by atoms with Crippen LogP contribution in [0.2, 0.25) is 5.02 Å². The highest BCUT2D eigenvalue weighted by Crippen LogP contribution is 2.27. The molecule has 0 aliphatic carbocycles. The molecule has 1 N–H and O–H groups in total. The average Bonchev–Trinajstić information content (AvgIpc) is 2.36. The van der Waals surface area contributed by atoms with Crippen LogP contribution in [0.15, 0.2) is 17.0 Å². The highest BCUT2D eigenvalue weighted by Gasteiger charge is 2.19. The molecule has 1 aromatic carbocycles. The zero-order chi connectivity index (χ0) is 15.3. The van der Waals surface area contributed by atoms with E-state index in [-0.39, 0.29) is 15.5 Å². The quantitative estimate of drug-likeness (QED) is 0.637. The van der Waals surface area contributed by atoms with E-state index < -0.39 is 15.0 Å². The van der Waals surface area contributed by atoms with Crippen molar-refractivity contribution in [3.8, 4) is 0 Å². The van der Waals surface area contributed by atoms with Gasteiger partial charge in [-0.15, -0.1) is 0 Å². The maximum Gasteiger partial charge on any atom is 0.261 e. The van der Waals surface area contributed by atoms with Gasteiger partial charge in [0.1, 0.15) is 0 Å². The fourth-order valence-electron chi connectivity index (χ4n) is 1.56. The Balaban J connectivity index is 2.97. The Labute approximate surface area is 127 Å². The summed E-state index contributed by atoms with van der Waals surface area (Å²) in [5, 5.41) is 2.82. The third-order valence-electron chi connectivity index (χ3n) is 2.63. The van der Waals surface area contributed by atoms with Crippen LogP contribution in [0, 0.1) is 6.92 Å². The molecule has 112 valence electrons. The van der Waals surface area contributed by atoms with E-state index in [1.165, 1.54) is 19.1 Å². The molecule has 0 aliphatic heterocycles. The molecule has 1 amide bonds. The number of ether oxygens (including phenoxy) is 1. The minimum absolute atomic E-state index is 0.150. The van der Waals surface area contributed by atoms with E-state index in [0.29, 0.717) is 25.1 Å². The summed E-state index contributed by atoms with van der Waals surface area (Å²) in [6.07, 6.45) is 0.655. The van der Waals surface area contributed by atoms with Crippen LogP contribution in [0.5, 0.6) is 0 Å². The molecule has 0 atom stereocenters. The maximum atomic E-state index is 11.9. The number of amides is 1. The zero-order valence-corrected chi connectivity index (χ0v) is 13.4. The summed E-state index contributed by atoms with van der Waals surface area (Å²) in [5.41, 5.74) is 0.467. The van der Waals surface area contributed by atoms with Gasteiger partial charge in [-0.05, 0) is 31.0 Å². The number of nitrogens with one attached hydrogen (secondary N) is 1. The molecular weight excluding hydrogens is 325 g/mol. The van der Waals surface area contributed by atoms with E-state index in [2.05, 4.69) is 5.32 Å². The van der Waals surface area contributed by atoms with Crippen LogP contribution in [0.3, 0.4) is 0 Å². The first-order chi connectivity index (χ1) is 9.27. The Morgan fingerprint density at radius 3 is 2.60 bits per heavy atom. The lowest BCUT2D eigenvalue weighted by Crippen LogP contribution is -2.25. The van der Waals surface area contributed by atoms with Crippen molar-refractivity contribution in [2.75, 3.05) is 20.3 Å². The monoisotopic (exact) mass is 339 g/mol. The van der Waals surface area contributed by atoms with Gasteiger partial charge in [-0.3, -0.25) is 4.79 Å². The van der Waals surface area contributed by atoms with Crippen molar-refractivity contribution in [1.82, 2.24) is 5.32 Å². The minimum Gasteiger partial charge on any atom is -0.385 e. The third-order valence-corrected chi connectivity index (χ3v) is 4.47. The molecule has 0 saturated carbocycles. The van der Waals surface area contributed by atoms with E-state index in [4.69, 9.17) is 27.0 Å². The Morgan fingerprint density at radius 1 is 1.40 bits per heavy atom. The van der Waals surface area contributed by atoms with Crippen LogP contribution in [0.1, 0.15) is 22.3 Å². The van der Waals surface area contributed by atoms with Gasteiger partial charge in [0.2, 0.25) is 0 Å². The van der Waals surface area contributed by atoms with Crippen LogP contribution in [-0.2, 0) is 13.8 Å². The number of halogens is 2. The second-order valence-corrected chi connectivity index (χ2v) is 7.06. The van der Waals surface area contributed by atoms with Gasteiger partial charge in [0.05, 0.1) is 4.90 Å². The summed E-state index contributed by atoms with van der Waals surface area (Å²) in [4.78, 5) is 11.7. The van der Waals surface area contributed by atoms with Crippen LogP contribution < -0.4 is 5.32 Å². The number of rotatable bonds is 6. The first kappa shape index (κ1) is 17.2. The molecule has 0 aromatic heterocycles. The van der Waals surface area contributed by atoms with Gasteiger partial charge >= 0.3 is 0 Å². The summed E-state index contributed by atoms with van der Waals surface area (Å²) in [6, 6.07) is 2.63. The molecule has 1 aromatic rings. The number of carbonyl (C=O) groups is 1. The van der Waals surface area contributed by atoms with E-state index >= 15 is 0 Å². The molecule has 1 rings (SSSR count).